The van der Waals surface area contributed by atoms with Crippen molar-refractivity contribution in [3.8, 4) is 11.5 Å². The maximum Gasteiger partial charge on any atom is 0.262 e. The first-order valence-electron chi connectivity index (χ1n) is 15.4. The summed E-state index contributed by atoms with van der Waals surface area (Å²) in [6.45, 7) is 18.8. The topological polar surface area (TPSA) is 81.1 Å². The summed E-state index contributed by atoms with van der Waals surface area (Å²) in [6, 6.07) is 24.7. The first-order chi connectivity index (χ1) is 21.0. The minimum absolute atomic E-state index is 0.112. The summed E-state index contributed by atoms with van der Waals surface area (Å²) in [6.07, 6.45) is 0. The SMILES string of the molecule is Cc1cc(N(C[C@H](C)N(C(=O)c2ccccc2O)c2cc(C)cc(C(C)(C)C)c2)C(=O)c2ccccc2O)cc(C(C)(C)C)c1. The zero-order valence-corrected chi connectivity index (χ0v) is 28.0. The van der Waals surface area contributed by atoms with Gasteiger partial charge in [-0.1, -0.05) is 77.9 Å². The summed E-state index contributed by atoms with van der Waals surface area (Å²) in [7, 11) is 0. The number of amides is 2. The van der Waals surface area contributed by atoms with Crippen LogP contribution in [0.2, 0.25) is 0 Å². The van der Waals surface area contributed by atoms with E-state index in [0.717, 1.165) is 22.3 Å². The molecular weight excluding hydrogens is 560 g/mol. The molecule has 0 saturated heterocycles. The summed E-state index contributed by atoms with van der Waals surface area (Å²) in [5, 5.41) is 21.4. The van der Waals surface area contributed by atoms with Crippen LogP contribution in [0.5, 0.6) is 11.5 Å². The molecule has 0 saturated carbocycles. The summed E-state index contributed by atoms with van der Waals surface area (Å²) >= 11 is 0. The molecule has 0 aliphatic heterocycles. The molecule has 2 amide bonds. The number of para-hydroxylation sites is 2. The molecule has 0 aromatic heterocycles. The summed E-state index contributed by atoms with van der Waals surface area (Å²) < 4.78 is 0. The van der Waals surface area contributed by atoms with Crippen molar-refractivity contribution >= 4 is 23.2 Å². The first kappa shape index (κ1) is 33.3. The van der Waals surface area contributed by atoms with Crippen LogP contribution in [-0.4, -0.2) is 34.6 Å². The standard InChI is InChI=1S/C39H46N2O4/c1-25-18-28(38(4,5)6)22-30(20-25)40(36(44)32-14-10-12-16-34(32)42)24-27(3)41(37(45)33-15-11-13-17-35(33)43)31-21-26(2)19-29(23-31)39(7,8)9/h10-23,27,42-43H,24H2,1-9H3/t27-/m0/s1. The van der Waals surface area contributed by atoms with E-state index in [2.05, 4.69) is 53.7 Å². The molecule has 0 heterocycles. The molecule has 236 valence electrons. The number of hydrogen-bond acceptors (Lipinski definition) is 4. The Morgan fingerprint density at radius 1 is 0.644 bits per heavy atom. The molecule has 6 heteroatoms. The first-order valence-corrected chi connectivity index (χ1v) is 15.4. The highest BCUT2D eigenvalue weighted by atomic mass is 16.3. The second kappa shape index (κ2) is 12.8. The fourth-order valence-corrected chi connectivity index (χ4v) is 5.49. The molecule has 4 rings (SSSR count). The Hall–Kier alpha value is -4.58. The Balaban J connectivity index is 1.90. The number of benzene rings is 4. The van der Waals surface area contributed by atoms with Crippen LogP contribution in [0, 0.1) is 13.8 Å². The van der Waals surface area contributed by atoms with E-state index < -0.39 is 6.04 Å². The van der Waals surface area contributed by atoms with Crippen molar-refractivity contribution in [1.29, 1.82) is 0 Å². The predicted molar refractivity (Wildman–Crippen MR) is 184 cm³/mol. The molecule has 0 aliphatic rings. The van der Waals surface area contributed by atoms with Gasteiger partial charge in [0.15, 0.2) is 0 Å². The van der Waals surface area contributed by atoms with E-state index in [1.807, 2.05) is 45.0 Å². The van der Waals surface area contributed by atoms with Crippen LogP contribution in [0.15, 0.2) is 84.9 Å². The number of hydrogen-bond donors (Lipinski definition) is 2. The van der Waals surface area contributed by atoms with Crippen LogP contribution >= 0.6 is 0 Å². The van der Waals surface area contributed by atoms with Crippen molar-refractivity contribution in [1.82, 2.24) is 0 Å². The Labute approximate surface area is 268 Å². The molecule has 0 aliphatic carbocycles. The number of phenols is 2. The van der Waals surface area contributed by atoms with Gasteiger partial charge in [-0.2, -0.15) is 0 Å². The van der Waals surface area contributed by atoms with E-state index in [9.17, 15) is 19.8 Å². The van der Waals surface area contributed by atoms with Crippen LogP contribution in [-0.2, 0) is 10.8 Å². The van der Waals surface area contributed by atoms with E-state index in [1.54, 1.807) is 46.2 Å². The van der Waals surface area contributed by atoms with Gasteiger partial charge < -0.3 is 20.0 Å². The molecule has 4 aromatic rings. The Kier molecular flexibility index (Phi) is 9.48. The van der Waals surface area contributed by atoms with Gasteiger partial charge in [0.2, 0.25) is 0 Å². The van der Waals surface area contributed by atoms with E-state index in [1.165, 1.54) is 12.1 Å². The van der Waals surface area contributed by atoms with E-state index in [4.69, 9.17) is 0 Å². The Morgan fingerprint density at radius 2 is 1.07 bits per heavy atom. The van der Waals surface area contributed by atoms with E-state index >= 15 is 0 Å². The van der Waals surface area contributed by atoms with E-state index in [0.29, 0.717) is 11.4 Å². The molecule has 4 aromatic carbocycles. The number of aromatic hydroxyl groups is 2. The summed E-state index contributed by atoms with van der Waals surface area (Å²) in [4.78, 5) is 32.0. The number of rotatable bonds is 7. The van der Waals surface area contributed by atoms with Crippen molar-refractivity contribution in [3.05, 3.63) is 118 Å². The highest BCUT2D eigenvalue weighted by Crippen LogP contribution is 2.34. The lowest BCUT2D eigenvalue weighted by Gasteiger charge is -2.35. The minimum atomic E-state index is -0.542. The smallest absolute Gasteiger partial charge is 0.262 e. The molecule has 2 N–H and O–H groups in total. The molecule has 1 atom stereocenters. The zero-order valence-electron chi connectivity index (χ0n) is 28.0. The lowest BCUT2D eigenvalue weighted by atomic mass is 9.85. The van der Waals surface area contributed by atoms with Crippen LogP contribution in [0.3, 0.4) is 0 Å². The highest BCUT2D eigenvalue weighted by Gasteiger charge is 2.31. The van der Waals surface area contributed by atoms with Gasteiger partial charge >= 0.3 is 0 Å². The average molecular weight is 607 g/mol. The van der Waals surface area contributed by atoms with Gasteiger partial charge in [0.05, 0.1) is 17.2 Å². The molecular formula is C39H46N2O4. The monoisotopic (exact) mass is 606 g/mol. The van der Waals surface area contributed by atoms with Gasteiger partial charge in [0.1, 0.15) is 11.5 Å². The maximum atomic E-state index is 14.4. The molecule has 0 fully saturated rings. The third kappa shape index (κ3) is 7.56. The highest BCUT2D eigenvalue weighted by molar-refractivity contribution is 6.10. The molecule has 0 radical (unpaired) electrons. The minimum Gasteiger partial charge on any atom is -0.507 e. The quantitative estimate of drug-likeness (QED) is 0.221. The largest absolute Gasteiger partial charge is 0.507 e. The second-order valence-corrected chi connectivity index (χ2v) is 14.1. The summed E-state index contributed by atoms with van der Waals surface area (Å²) in [5.41, 5.74) is 5.47. The van der Waals surface area contributed by atoms with Crippen molar-refractivity contribution in [3.63, 3.8) is 0 Å². The van der Waals surface area contributed by atoms with Crippen LogP contribution in [0.4, 0.5) is 11.4 Å². The van der Waals surface area contributed by atoms with Gasteiger partial charge in [-0.25, -0.2) is 0 Å². The zero-order chi connectivity index (χ0) is 33.3. The number of nitrogens with zero attached hydrogens (tertiary/aromatic N) is 2. The van der Waals surface area contributed by atoms with Crippen molar-refractivity contribution < 1.29 is 19.8 Å². The van der Waals surface area contributed by atoms with Crippen molar-refractivity contribution in [2.24, 2.45) is 0 Å². The maximum absolute atomic E-state index is 14.4. The Morgan fingerprint density at radius 3 is 1.53 bits per heavy atom. The number of phenolic OH excluding ortho intramolecular Hbond substituents is 2. The fourth-order valence-electron chi connectivity index (χ4n) is 5.49. The number of anilines is 2. The number of aryl methyl sites for hydroxylation is 2. The molecule has 6 nitrogen and oxygen atoms in total. The lowest BCUT2D eigenvalue weighted by molar-refractivity contribution is 0.0955. The third-order valence-corrected chi connectivity index (χ3v) is 8.07. The molecule has 0 unspecified atom stereocenters. The van der Waals surface area contributed by atoms with Gasteiger partial charge in [-0.05, 0) is 102 Å². The van der Waals surface area contributed by atoms with Crippen molar-refractivity contribution in [2.75, 3.05) is 16.3 Å². The van der Waals surface area contributed by atoms with Gasteiger partial charge in [0, 0.05) is 17.9 Å². The molecule has 45 heavy (non-hydrogen) atoms. The number of carbonyl (C=O) groups is 2. The normalized spacial score (nSPS) is 12.5. The summed E-state index contributed by atoms with van der Waals surface area (Å²) in [5.74, 6) is -0.973. The number of carbonyl (C=O) groups excluding carboxylic acids is 2. The average Bonchev–Trinajstić information content (AvgIpc) is 2.94. The van der Waals surface area contributed by atoms with Gasteiger partial charge in [-0.3, -0.25) is 9.59 Å². The van der Waals surface area contributed by atoms with Gasteiger partial charge in [0.25, 0.3) is 11.8 Å². The Bertz CT molecular complexity index is 1710. The van der Waals surface area contributed by atoms with Gasteiger partial charge in [-0.15, -0.1) is 0 Å². The van der Waals surface area contributed by atoms with Crippen molar-refractivity contribution in [2.45, 2.75) is 79.2 Å². The van der Waals surface area contributed by atoms with Crippen LogP contribution < -0.4 is 9.80 Å². The predicted octanol–water partition coefficient (Wildman–Crippen LogP) is 8.69. The second-order valence-electron chi connectivity index (χ2n) is 14.1. The third-order valence-electron chi connectivity index (χ3n) is 8.07. The van der Waals surface area contributed by atoms with Crippen LogP contribution in [0.25, 0.3) is 0 Å². The fraction of sp³-hybridized carbons (Fsp3) is 0.333. The molecule has 0 bridgehead atoms. The lowest BCUT2D eigenvalue weighted by Crippen LogP contribution is -2.48. The van der Waals surface area contributed by atoms with E-state index in [-0.39, 0.29) is 51.8 Å². The van der Waals surface area contributed by atoms with Crippen LogP contribution in [0.1, 0.15) is 91.4 Å². The molecule has 0 spiro atoms.